The highest BCUT2D eigenvalue weighted by atomic mass is 79.9. The van der Waals surface area contributed by atoms with Crippen LogP contribution in [0.25, 0.3) is 10.2 Å². The fraction of sp³-hybridized carbons (Fsp3) is 0.517. The number of aliphatic hydroxyl groups is 1. The van der Waals surface area contributed by atoms with Crippen LogP contribution in [0.4, 0.5) is 4.79 Å². The Labute approximate surface area is 245 Å². The van der Waals surface area contributed by atoms with Crippen molar-refractivity contribution in [2.75, 3.05) is 26.2 Å². The second kappa shape index (κ2) is 11.3. The monoisotopic (exact) mass is 630 g/mol. The molecule has 2 aliphatic rings. The smallest absolute Gasteiger partial charge is 0.410 e. The van der Waals surface area contributed by atoms with Crippen LogP contribution < -0.4 is 5.56 Å². The Morgan fingerprint density at radius 3 is 2.52 bits per heavy atom. The molecule has 2 aliphatic heterocycles. The number of piperidine rings is 2. The summed E-state index contributed by atoms with van der Waals surface area (Å²) in [7, 11) is 0. The van der Waals surface area contributed by atoms with E-state index in [-0.39, 0.29) is 35.9 Å². The predicted octanol–water partition coefficient (Wildman–Crippen LogP) is 4.61. The fourth-order valence-electron chi connectivity index (χ4n) is 5.66. The Hall–Kier alpha value is -2.76. The number of hydrogen-bond acceptors (Lipinski definition) is 7. The summed E-state index contributed by atoms with van der Waals surface area (Å²) >= 11 is 4.74. The van der Waals surface area contributed by atoms with Crippen LogP contribution in [0.2, 0.25) is 0 Å². The number of carbonyl (C=O) groups is 2. The van der Waals surface area contributed by atoms with Gasteiger partial charge >= 0.3 is 6.09 Å². The van der Waals surface area contributed by atoms with Gasteiger partial charge in [0.05, 0.1) is 22.9 Å². The summed E-state index contributed by atoms with van der Waals surface area (Å²) in [6, 6.07) is 9.86. The Kier molecular flexibility index (Phi) is 8.09. The molecule has 2 saturated heterocycles. The molecule has 214 valence electrons. The van der Waals surface area contributed by atoms with Crippen LogP contribution in [0.3, 0.4) is 0 Å². The first-order valence-corrected chi connectivity index (χ1v) is 15.3. The summed E-state index contributed by atoms with van der Waals surface area (Å²) in [5.74, 6) is -0.389. The third kappa shape index (κ3) is 6.11. The Morgan fingerprint density at radius 1 is 1.15 bits per heavy atom. The zero-order chi connectivity index (χ0) is 28.7. The minimum Gasteiger partial charge on any atom is -0.444 e. The molecule has 0 unspecified atom stereocenters. The number of amides is 2. The fourth-order valence-corrected chi connectivity index (χ4v) is 7.19. The van der Waals surface area contributed by atoms with Crippen LogP contribution in [0, 0.1) is 5.92 Å². The van der Waals surface area contributed by atoms with E-state index in [2.05, 4.69) is 20.9 Å². The summed E-state index contributed by atoms with van der Waals surface area (Å²) in [6.07, 6.45) is 2.39. The van der Waals surface area contributed by atoms with Crippen LogP contribution in [0.1, 0.15) is 51.5 Å². The average molecular weight is 632 g/mol. The molecule has 0 spiro atoms. The number of hydrogen-bond donors (Lipinski definition) is 1. The van der Waals surface area contributed by atoms with Gasteiger partial charge in [-0.2, -0.15) is 0 Å². The van der Waals surface area contributed by atoms with Crippen LogP contribution in [0.15, 0.2) is 51.3 Å². The van der Waals surface area contributed by atoms with Gasteiger partial charge in [0.1, 0.15) is 15.8 Å². The largest absolute Gasteiger partial charge is 0.444 e. The molecule has 4 heterocycles. The number of carbonyl (C=O) groups excluding carboxylic acids is 2. The molecule has 2 amide bonds. The molecule has 9 nitrogen and oxygen atoms in total. The van der Waals surface area contributed by atoms with Crippen LogP contribution >= 0.6 is 27.3 Å². The molecule has 0 saturated carbocycles. The van der Waals surface area contributed by atoms with Crippen LogP contribution in [-0.4, -0.2) is 73.8 Å². The van der Waals surface area contributed by atoms with Gasteiger partial charge in [0.25, 0.3) is 5.56 Å². The number of nitrogens with zero attached hydrogens (tertiary/aromatic N) is 4. The number of likely N-dealkylation sites (tertiary alicyclic amines) is 2. The Balaban J connectivity index is 1.27. The van der Waals surface area contributed by atoms with E-state index >= 15 is 0 Å². The molecule has 1 N–H and O–H groups in total. The van der Waals surface area contributed by atoms with Crippen molar-refractivity contribution in [3.8, 4) is 0 Å². The number of halogens is 1. The minimum atomic E-state index is -1.11. The summed E-state index contributed by atoms with van der Waals surface area (Å²) in [4.78, 5) is 47.6. The number of thiophene rings is 1. The van der Waals surface area contributed by atoms with E-state index in [9.17, 15) is 19.5 Å². The highest BCUT2D eigenvalue weighted by molar-refractivity contribution is 9.10. The molecule has 3 aromatic rings. The predicted molar refractivity (Wildman–Crippen MR) is 157 cm³/mol. The summed E-state index contributed by atoms with van der Waals surface area (Å²) in [6.45, 7) is 7.33. The Morgan fingerprint density at radius 2 is 1.85 bits per heavy atom. The first kappa shape index (κ1) is 28.8. The third-order valence-corrected chi connectivity index (χ3v) is 9.65. The Bertz CT molecular complexity index is 1440. The quantitative estimate of drug-likeness (QED) is 0.451. The minimum absolute atomic E-state index is 0.0448. The second-order valence-corrected chi connectivity index (χ2v) is 13.6. The lowest BCUT2D eigenvalue weighted by Crippen LogP contribution is -2.53. The van der Waals surface area contributed by atoms with E-state index in [1.807, 2.05) is 61.4 Å². The molecule has 2 atom stereocenters. The van der Waals surface area contributed by atoms with Crippen LogP contribution in [-0.2, 0) is 16.1 Å². The van der Waals surface area contributed by atoms with Crippen molar-refractivity contribution in [2.45, 2.75) is 63.7 Å². The van der Waals surface area contributed by atoms with Crippen molar-refractivity contribution in [2.24, 2.45) is 5.92 Å². The molecule has 1 aromatic carbocycles. The average Bonchev–Trinajstić information content (AvgIpc) is 3.30. The number of ether oxygens (including phenoxy) is 1. The highest BCUT2D eigenvalue weighted by Crippen LogP contribution is 2.36. The van der Waals surface area contributed by atoms with E-state index in [0.717, 1.165) is 10.0 Å². The summed E-state index contributed by atoms with van der Waals surface area (Å²) in [5, 5.41) is 13.2. The summed E-state index contributed by atoms with van der Waals surface area (Å²) in [5.41, 5.74) is -0.224. The zero-order valence-electron chi connectivity index (χ0n) is 23.0. The van der Waals surface area contributed by atoms with E-state index in [1.165, 1.54) is 22.2 Å². The lowest BCUT2D eigenvalue weighted by Gasteiger charge is -2.43. The SMILES string of the molecule is CC(C)(C)OC(=O)N1CC[C@@H](C(=O)N2CCC(O)(Cn3cnc4c(Br)csc4c3=O)CC2)[C@H](c2ccccc2)C1. The lowest BCUT2D eigenvalue weighted by molar-refractivity contribution is -0.142. The van der Waals surface area contributed by atoms with Gasteiger partial charge in [-0.3, -0.25) is 14.2 Å². The second-order valence-electron chi connectivity index (χ2n) is 11.8. The van der Waals surface area contributed by atoms with Crippen LogP contribution in [0.5, 0.6) is 0 Å². The number of fused-ring (bicyclic) bond motifs is 1. The van der Waals surface area contributed by atoms with Gasteiger partial charge < -0.3 is 19.6 Å². The van der Waals surface area contributed by atoms with Crippen molar-refractivity contribution < 1.29 is 19.4 Å². The molecule has 40 heavy (non-hydrogen) atoms. The van der Waals surface area contributed by atoms with Crippen molar-refractivity contribution in [3.05, 3.63) is 62.4 Å². The third-order valence-electron chi connectivity index (χ3n) is 7.78. The standard InChI is InChI=1S/C29H35BrN4O5S/c1-28(2,3)39-27(37)33-12-9-20(21(15-33)19-7-5-4-6-8-19)25(35)32-13-10-29(38,11-14-32)17-34-18-31-23-22(30)16-40-24(23)26(34)36/h4-8,16,18,20-21,38H,9-15,17H2,1-3H3/t20-,21+/m1/s1. The maximum atomic E-state index is 13.9. The number of rotatable bonds is 4. The van der Waals surface area contributed by atoms with Gasteiger partial charge in [-0.25, -0.2) is 9.78 Å². The first-order chi connectivity index (χ1) is 18.9. The topological polar surface area (TPSA) is 105 Å². The van der Waals surface area contributed by atoms with Gasteiger partial charge in [0, 0.05) is 43.4 Å². The maximum absolute atomic E-state index is 13.9. The molecular formula is C29H35BrN4O5S. The van der Waals surface area contributed by atoms with Gasteiger partial charge in [0.2, 0.25) is 5.91 Å². The first-order valence-electron chi connectivity index (χ1n) is 13.6. The van der Waals surface area contributed by atoms with Gasteiger partial charge in [0.15, 0.2) is 0 Å². The molecule has 11 heteroatoms. The number of benzene rings is 1. The lowest BCUT2D eigenvalue weighted by atomic mass is 9.79. The number of aromatic nitrogens is 2. The van der Waals surface area contributed by atoms with Crippen molar-refractivity contribution in [1.29, 1.82) is 0 Å². The van der Waals surface area contributed by atoms with Gasteiger partial charge in [-0.05, 0) is 61.5 Å². The molecule has 0 radical (unpaired) electrons. The van der Waals surface area contributed by atoms with E-state index in [1.54, 1.807) is 4.90 Å². The molecule has 2 aromatic heterocycles. The van der Waals surface area contributed by atoms with Gasteiger partial charge in [-0.15, -0.1) is 11.3 Å². The molecule has 2 fully saturated rings. The highest BCUT2D eigenvalue weighted by Gasteiger charge is 2.42. The molecule has 0 bridgehead atoms. The normalized spacial score (nSPS) is 21.4. The maximum Gasteiger partial charge on any atom is 0.410 e. The van der Waals surface area contributed by atoms with Crippen molar-refractivity contribution in [3.63, 3.8) is 0 Å². The summed E-state index contributed by atoms with van der Waals surface area (Å²) < 4.78 is 8.42. The van der Waals surface area contributed by atoms with Crippen molar-refractivity contribution >= 4 is 49.5 Å². The zero-order valence-corrected chi connectivity index (χ0v) is 25.4. The van der Waals surface area contributed by atoms with E-state index < -0.39 is 11.2 Å². The van der Waals surface area contributed by atoms with Crippen molar-refractivity contribution in [1.82, 2.24) is 19.4 Å². The molecule has 0 aliphatic carbocycles. The van der Waals surface area contributed by atoms with E-state index in [4.69, 9.17) is 4.74 Å². The molecular weight excluding hydrogens is 596 g/mol. The van der Waals surface area contributed by atoms with Gasteiger partial charge in [-0.1, -0.05) is 30.3 Å². The van der Waals surface area contributed by atoms with E-state index in [0.29, 0.717) is 55.7 Å². The molecule has 5 rings (SSSR count).